The van der Waals surface area contributed by atoms with Crippen molar-refractivity contribution in [2.75, 3.05) is 10.6 Å². The fourth-order valence-corrected chi connectivity index (χ4v) is 2.73. The van der Waals surface area contributed by atoms with E-state index in [0.29, 0.717) is 28.3 Å². The van der Waals surface area contributed by atoms with Crippen LogP contribution in [0.25, 0.3) is 10.9 Å². The number of para-hydroxylation sites is 1. The van der Waals surface area contributed by atoms with E-state index in [1.54, 1.807) is 42.6 Å². The van der Waals surface area contributed by atoms with Crippen molar-refractivity contribution < 1.29 is 4.79 Å². The molecule has 28 heavy (non-hydrogen) atoms. The van der Waals surface area contributed by atoms with Crippen LogP contribution in [0.4, 0.5) is 17.2 Å². The summed E-state index contributed by atoms with van der Waals surface area (Å²) in [7, 11) is 0. The summed E-state index contributed by atoms with van der Waals surface area (Å²) < 4.78 is 0. The summed E-state index contributed by atoms with van der Waals surface area (Å²) in [5.41, 5.74) is 2.76. The van der Waals surface area contributed by atoms with Crippen molar-refractivity contribution in [3.63, 3.8) is 0 Å². The number of rotatable bonds is 4. The Morgan fingerprint density at radius 3 is 2.64 bits per heavy atom. The van der Waals surface area contributed by atoms with Gasteiger partial charge in [0.1, 0.15) is 0 Å². The van der Waals surface area contributed by atoms with Crippen LogP contribution in [-0.2, 0) is 0 Å². The quantitative estimate of drug-likeness (QED) is 0.568. The second-order valence-corrected chi connectivity index (χ2v) is 5.96. The number of carbonyl (C=O) groups is 1. The highest BCUT2D eigenvalue weighted by Gasteiger charge is 2.11. The van der Waals surface area contributed by atoms with Gasteiger partial charge in [-0.25, -0.2) is 0 Å². The van der Waals surface area contributed by atoms with Gasteiger partial charge < -0.3 is 10.6 Å². The Morgan fingerprint density at radius 2 is 1.82 bits per heavy atom. The molecule has 0 fully saturated rings. The third-order valence-corrected chi connectivity index (χ3v) is 4.04. The predicted octanol–water partition coefficient (Wildman–Crippen LogP) is 3.89. The molecular formula is C21H14N6O. The molecule has 0 aliphatic heterocycles. The van der Waals surface area contributed by atoms with E-state index in [4.69, 9.17) is 5.26 Å². The van der Waals surface area contributed by atoms with E-state index < -0.39 is 0 Å². The van der Waals surface area contributed by atoms with Gasteiger partial charge in [0.2, 0.25) is 0 Å². The Kier molecular flexibility index (Phi) is 4.59. The van der Waals surface area contributed by atoms with Crippen LogP contribution >= 0.6 is 0 Å². The number of benzene rings is 2. The average Bonchev–Trinajstić information content (AvgIpc) is 2.74. The third-order valence-electron chi connectivity index (χ3n) is 4.04. The number of aromatic nitrogens is 3. The molecule has 7 heteroatoms. The van der Waals surface area contributed by atoms with Crippen molar-refractivity contribution in [3.8, 4) is 6.07 Å². The maximum atomic E-state index is 12.5. The van der Waals surface area contributed by atoms with E-state index in [1.165, 1.54) is 0 Å². The highest BCUT2D eigenvalue weighted by molar-refractivity contribution is 6.07. The summed E-state index contributed by atoms with van der Waals surface area (Å²) in [5.74, 6) is 0.0992. The van der Waals surface area contributed by atoms with Crippen LogP contribution in [0.1, 0.15) is 16.1 Å². The van der Waals surface area contributed by atoms with Gasteiger partial charge in [0.15, 0.2) is 11.5 Å². The number of hydrogen-bond acceptors (Lipinski definition) is 6. The zero-order chi connectivity index (χ0) is 19.3. The molecule has 4 rings (SSSR count). The van der Waals surface area contributed by atoms with Gasteiger partial charge in [0, 0.05) is 17.3 Å². The molecule has 1 amide bonds. The summed E-state index contributed by atoms with van der Waals surface area (Å²) in [6, 6.07) is 21.7. The van der Waals surface area contributed by atoms with Gasteiger partial charge in [-0.2, -0.15) is 5.26 Å². The zero-order valence-electron chi connectivity index (χ0n) is 14.6. The maximum absolute atomic E-state index is 12.5. The SMILES string of the molecule is N#Cc1cccc(Nc2ccc(C(=O)Nc3cccc4cccnc34)nn2)c1. The van der Waals surface area contributed by atoms with Gasteiger partial charge in [-0.05, 0) is 42.5 Å². The Labute approximate surface area is 160 Å². The second-order valence-electron chi connectivity index (χ2n) is 5.96. The minimum atomic E-state index is -0.372. The summed E-state index contributed by atoms with van der Waals surface area (Å²) in [4.78, 5) is 16.8. The van der Waals surface area contributed by atoms with Crippen molar-refractivity contribution >= 4 is 34.0 Å². The van der Waals surface area contributed by atoms with E-state index in [-0.39, 0.29) is 11.6 Å². The normalized spacial score (nSPS) is 10.2. The number of pyridine rings is 1. The monoisotopic (exact) mass is 366 g/mol. The van der Waals surface area contributed by atoms with Crippen molar-refractivity contribution in [3.05, 3.63) is 84.2 Å². The van der Waals surface area contributed by atoms with E-state index >= 15 is 0 Å². The van der Waals surface area contributed by atoms with Crippen LogP contribution in [0.15, 0.2) is 72.9 Å². The van der Waals surface area contributed by atoms with Crippen LogP contribution in [-0.4, -0.2) is 21.1 Å². The largest absolute Gasteiger partial charge is 0.339 e. The lowest BCUT2D eigenvalue weighted by atomic mass is 10.2. The summed E-state index contributed by atoms with van der Waals surface area (Å²) >= 11 is 0. The molecule has 2 N–H and O–H groups in total. The lowest BCUT2D eigenvalue weighted by Gasteiger charge is -2.08. The Morgan fingerprint density at radius 1 is 0.964 bits per heavy atom. The number of fused-ring (bicyclic) bond motifs is 1. The Balaban J connectivity index is 1.50. The van der Waals surface area contributed by atoms with Gasteiger partial charge >= 0.3 is 0 Å². The standard InChI is InChI=1S/C21H14N6O/c22-13-14-4-1-7-16(12-14)24-19-10-9-18(26-27-19)21(28)25-17-8-2-5-15-6-3-11-23-20(15)17/h1-12H,(H,24,27)(H,25,28). The molecule has 0 spiro atoms. The third kappa shape index (κ3) is 3.61. The summed E-state index contributed by atoms with van der Waals surface area (Å²) in [6.45, 7) is 0. The molecule has 0 saturated carbocycles. The van der Waals surface area contributed by atoms with E-state index in [9.17, 15) is 4.79 Å². The van der Waals surface area contributed by atoms with Crippen LogP contribution in [0.5, 0.6) is 0 Å². The van der Waals surface area contributed by atoms with E-state index in [1.807, 2.05) is 30.3 Å². The topological polar surface area (TPSA) is 104 Å². The number of carbonyl (C=O) groups excluding carboxylic acids is 1. The van der Waals surface area contributed by atoms with Crippen molar-refractivity contribution in [1.82, 2.24) is 15.2 Å². The number of hydrogen-bond donors (Lipinski definition) is 2. The second kappa shape index (κ2) is 7.51. The first kappa shape index (κ1) is 17.1. The average molecular weight is 366 g/mol. The molecule has 0 unspecified atom stereocenters. The van der Waals surface area contributed by atoms with Gasteiger partial charge in [-0.1, -0.05) is 24.3 Å². The van der Waals surface area contributed by atoms with Gasteiger partial charge in [0.25, 0.3) is 5.91 Å². The van der Waals surface area contributed by atoms with Crippen molar-refractivity contribution in [2.24, 2.45) is 0 Å². The number of nitrogens with zero attached hydrogens (tertiary/aromatic N) is 4. The molecule has 2 aromatic carbocycles. The Hall–Kier alpha value is -4.31. The highest BCUT2D eigenvalue weighted by atomic mass is 16.1. The number of amides is 1. The van der Waals surface area contributed by atoms with Gasteiger partial charge in [-0.15, -0.1) is 10.2 Å². The molecule has 7 nitrogen and oxygen atoms in total. The molecule has 0 aliphatic rings. The fraction of sp³-hybridized carbons (Fsp3) is 0. The first-order valence-corrected chi connectivity index (χ1v) is 8.49. The molecule has 0 bridgehead atoms. The van der Waals surface area contributed by atoms with E-state index in [2.05, 4.69) is 31.9 Å². The van der Waals surface area contributed by atoms with Crippen molar-refractivity contribution in [2.45, 2.75) is 0 Å². The lowest BCUT2D eigenvalue weighted by molar-refractivity contribution is 0.102. The zero-order valence-corrected chi connectivity index (χ0v) is 14.6. The van der Waals surface area contributed by atoms with Crippen LogP contribution in [0.2, 0.25) is 0 Å². The Bertz CT molecular complexity index is 1190. The van der Waals surface area contributed by atoms with Crippen LogP contribution in [0.3, 0.4) is 0 Å². The first-order valence-electron chi connectivity index (χ1n) is 8.49. The highest BCUT2D eigenvalue weighted by Crippen LogP contribution is 2.21. The number of anilines is 3. The van der Waals surface area contributed by atoms with Crippen LogP contribution in [0, 0.1) is 11.3 Å². The van der Waals surface area contributed by atoms with Crippen LogP contribution < -0.4 is 10.6 Å². The smallest absolute Gasteiger partial charge is 0.276 e. The minimum Gasteiger partial charge on any atom is -0.339 e. The predicted molar refractivity (Wildman–Crippen MR) is 106 cm³/mol. The molecule has 0 aliphatic carbocycles. The maximum Gasteiger partial charge on any atom is 0.276 e. The molecular weight excluding hydrogens is 352 g/mol. The summed E-state index contributed by atoms with van der Waals surface area (Å²) in [5, 5.41) is 23.8. The van der Waals surface area contributed by atoms with E-state index in [0.717, 1.165) is 5.39 Å². The van der Waals surface area contributed by atoms with Gasteiger partial charge in [0.05, 0.1) is 22.8 Å². The minimum absolute atomic E-state index is 0.184. The fourth-order valence-electron chi connectivity index (χ4n) is 2.73. The molecule has 2 heterocycles. The summed E-state index contributed by atoms with van der Waals surface area (Å²) in [6.07, 6.45) is 1.68. The molecule has 2 aromatic heterocycles. The molecule has 4 aromatic rings. The first-order chi connectivity index (χ1) is 13.7. The van der Waals surface area contributed by atoms with Gasteiger partial charge in [-0.3, -0.25) is 9.78 Å². The number of nitrogens with one attached hydrogen (secondary N) is 2. The molecule has 0 atom stereocenters. The molecule has 0 radical (unpaired) electrons. The number of nitriles is 1. The molecule has 0 saturated heterocycles. The van der Waals surface area contributed by atoms with Crippen molar-refractivity contribution in [1.29, 1.82) is 5.26 Å². The molecule has 134 valence electrons. The lowest BCUT2D eigenvalue weighted by Crippen LogP contribution is -2.15.